The maximum atomic E-state index is 13.4. The van der Waals surface area contributed by atoms with Crippen LogP contribution < -0.4 is 5.32 Å². The predicted octanol–water partition coefficient (Wildman–Crippen LogP) is 2.40. The molecule has 2 heterocycles. The van der Waals surface area contributed by atoms with E-state index in [1.165, 1.54) is 12.5 Å². The second-order valence-electron chi connectivity index (χ2n) is 7.62. The van der Waals surface area contributed by atoms with E-state index in [0.29, 0.717) is 0 Å². The third-order valence-corrected chi connectivity index (χ3v) is 5.93. The van der Waals surface area contributed by atoms with Gasteiger partial charge in [0.15, 0.2) is 0 Å². The topological polar surface area (TPSA) is 67.2 Å². The van der Waals surface area contributed by atoms with Gasteiger partial charge in [-0.1, -0.05) is 12.8 Å². The number of hydrogen-bond acceptors (Lipinski definition) is 3. The highest BCUT2D eigenvalue weighted by atomic mass is 16.2. The van der Waals surface area contributed by atoms with Crippen LogP contribution in [0.4, 0.5) is 0 Å². The van der Waals surface area contributed by atoms with E-state index in [9.17, 15) is 9.59 Å². The van der Waals surface area contributed by atoms with Crippen molar-refractivity contribution in [1.82, 2.24) is 20.0 Å². The first-order valence-electron chi connectivity index (χ1n) is 9.47. The molecule has 6 nitrogen and oxygen atoms in total. The summed E-state index contributed by atoms with van der Waals surface area (Å²) in [5.74, 6) is 0.246. The first-order valence-corrected chi connectivity index (χ1v) is 9.47. The van der Waals surface area contributed by atoms with Crippen LogP contribution in [0.1, 0.15) is 68.4 Å². The van der Waals surface area contributed by atoms with Crippen molar-refractivity contribution in [2.24, 2.45) is 13.0 Å². The van der Waals surface area contributed by atoms with E-state index in [1.54, 1.807) is 0 Å². The summed E-state index contributed by atoms with van der Waals surface area (Å²) in [6, 6.07) is -0.295. The molecule has 2 unspecified atom stereocenters. The highest BCUT2D eigenvalue weighted by molar-refractivity contribution is 5.87. The van der Waals surface area contributed by atoms with Crippen molar-refractivity contribution >= 4 is 11.8 Å². The molecule has 2 aliphatic rings. The SMILES string of the molecule is CC(=O)NC(C(=O)N1CCCC1c1c(C)nn(C)c1C)C1CCCC1. The van der Waals surface area contributed by atoms with Gasteiger partial charge in [-0.15, -0.1) is 0 Å². The number of carbonyl (C=O) groups is 2. The zero-order valence-electron chi connectivity index (χ0n) is 15.8. The van der Waals surface area contributed by atoms with Crippen LogP contribution >= 0.6 is 0 Å². The molecule has 2 amide bonds. The number of hydrogen-bond donors (Lipinski definition) is 1. The van der Waals surface area contributed by atoms with Crippen molar-refractivity contribution in [3.05, 3.63) is 17.0 Å². The first kappa shape index (κ1) is 18.0. The molecule has 1 aliphatic heterocycles. The Hall–Kier alpha value is -1.85. The van der Waals surface area contributed by atoms with E-state index in [2.05, 4.69) is 17.3 Å². The van der Waals surface area contributed by atoms with E-state index < -0.39 is 0 Å². The van der Waals surface area contributed by atoms with Gasteiger partial charge in [0, 0.05) is 31.8 Å². The largest absolute Gasteiger partial charge is 0.344 e. The Morgan fingerprint density at radius 3 is 2.40 bits per heavy atom. The third-order valence-electron chi connectivity index (χ3n) is 5.93. The maximum Gasteiger partial charge on any atom is 0.245 e. The lowest BCUT2D eigenvalue weighted by molar-refractivity contribution is -0.138. The van der Waals surface area contributed by atoms with Gasteiger partial charge in [0.05, 0.1) is 11.7 Å². The Kier molecular flexibility index (Phi) is 5.16. The number of aryl methyl sites for hydroxylation is 2. The van der Waals surface area contributed by atoms with E-state index in [0.717, 1.165) is 56.5 Å². The summed E-state index contributed by atoms with van der Waals surface area (Å²) in [6.07, 6.45) is 6.33. The molecule has 138 valence electrons. The maximum absolute atomic E-state index is 13.4. The normalized spacial score (nSPS) is 22.4. The van der Waals surface area contributed by atoms with Crippen LogP contribution in [0.2, 0.25) is 0 Å². The van der Waals surface area contributed by atoms with E-state index in [-0.39, 0.29) is 29.8 Å². The molecule has 0 bridgehead atoms. The molecule has 6 heteroatoms. The Morgan fingerprint density at radius 2 is 1.84 bits per heavy atom. The lowest BCUT2D eigenvalue weighted by atomic mass is 9.95. The monoisotopic (exact) mass is 346 g/mol. The highest BCUT2D eigenvalue weighted by Gasteiger charge is 2.40. The van der Waals surface area contributed by atoms with Crippen molar-refractivity contribution < 1.29 is 9.59 Å². The smallest absolute Gasteiger partial charge is 0.245 e. The lowest BCUT2D eigenvalue weighted by Crippen LogP contribution is -2.51. The van der Waals surface area contributed by atoms with Crippen LogP contribution in [-0.2, 0) is 16.6 Å². The van der Waals surface area contributed by atoms with Gasteiger partial charge in [0.25, 0.3) is 0 Å². The predicted molar refractivity (Wildman–Crippen MR) is 95.9 cm³/mol. The summed E-state index contributed by atoms with van der Waals surface area (Å²) in [5.41, 5.74) is 3.31. The zero-order chi connectivity index (χ0) is 18.1. The summed E-state index contributed by atoms with van der Waals surface area (Å²) in [5, 5.41) is 7.48. The minimum Gasteiger partial charge on any atom is -0.344 e. The molecular formula is C19H30N4O2. The summed E-state index contributed by atoms with van der Waals surface area (Å²) < 4.78 is 1.90. The summed E-state index contributed by atoms with van der Waals surface area (Å²) in [4.78, 5) is 27.1. The minimum absolute atomic E-state index is 0.0823. The van der Waals surface area contributed by atoms with E-state index in [1.807, 2.05) is 23.6 Å². The number of rotatable bonds is 4. The fraction of sp³-hybridized carbons (Fsp3) is 0.737. The van der Waals surface area contributed by atoms with Crippen LogP contribution in [-0.4, -0.2) is 39.1 Å². The summed E-state index contributed by atoms with van der Waals surface area (Å²) >= 11 is 0. The van der Waals surface area contributed by atoms with Gasteiger partial charge < -0.3 is 10.2 Å². The molecule has 25 heavy (non-hydrogen) atoms. The van der Waals surface area contributed by atoms with E-state index >= 15 is 0 Å². The van der Waals surface area contributed by atoms with Gasteiger partial charge in [-0.05, 0) is 45.4 Å². The van der Waals surface area contributed by atoms with Gasteiger partial charge in [-0.25, -0.2) is 0 Å². The Morgan fingerprint density at radius 1 is 1.16 bits per heavy atom. The van der Waals surface area contributed by atoms with Gasteiger partial charge in [-0.3, -0.25) is 14.3 Å². The lowest BCUT2D eigenvalue weighted by Gasteiger charge is -2.32. The average Bonchev–Trinajstić information content (AvgIpc) is 3.27. The second-order valence-corrected chi connectivity index (χ2v) is 7.62. The summed E-state index contributed by atoms with van der Waals surface area (Å²) in [6.45, 7) is 6.36. The van der Waals surface area contributed by atoms with Crippen molar-refractivity contribution in [2.75, 3.05) is 6.54 Å². The molecule has 2 atom stereocenters. The van der Waals surface area contributed by atoms with Crippen molar-refractivity contribution in [3.63, 3.8) is 0 Å². The Bertz CT molecular complexity index is 661. The van der Waals surface area contributed by atoms with Gasteiger partial charge in [-0.2, -0.15) is 5.10 Å². The van der Waals surface area contributed by atoms with Crippen LogP contribution in [0.5, 0.6) is 0 Å². The molecular weight excluding hydrogens is 316 g/mol. The standard InChI is InChI=1S/C19H30N4O2/c1-12-17(13(2)22(4)21-12)16-10-7-11-23(16)19(25)18(20-14(3)24)15-8-5-6-9-15/h15-16,18H,5-11H2,1-4H3,(H,20,24). The molecule has 1 aromatic rings. The van der Waals surface area contributed by atoms with E-state index in [4.69, 9.17) is 0 Å². The minimum atomic E-state index is -0.377. The molecule has 2 fully saturated rings. The molecule has 1 N–H and O–H groups in total. The number of aromatic nitrogens is 2. The highest BCUT2D eigenvalue weighted by Crippen LogP contribution is 2.37. The summed E-state index contributed by atoms with van der Waals surface area (Å²) in [7, 11) is 1.95. The Labute approximate surface area is 149 Å². The van der Waals surface area contributed by atoms with Crippen molar-refractivity contribution in [3.8, 4) is 0 Å². The van der Waals surface area contributed by atoms with Crippen LogP contribution in [0.3, 0.4) is 0 Å². The number of nitrogens with one attached hydrogen (secondary N) is 1. The Balaban J connectivity index is 1.86. The molecule has 1 aromatic heterocycles. The van der Waals surface area contributed by atoms with Gasteiger partial charge >= 0.3 is 0 Å². The molecule has 0 aromatic carbocycles. The molecule has 0 spiro atoms. The molecule has 1 saturated heterocycles. The van der Waals surface area contributed by atoms with Crippen LogP contribution in [0.15, 0.2) is 0 Å². The average molecular weight is 346 g/mol. The van der Waals surface area contributed by atoms with Crippen molar-refractivity contribution in [1.29, 1.82) is 0 Å². The fourth-order valence-corrected chi connectivity index (χ4v) is 4.67. The first-order chi connectivity index (χ1) is 11.9. The third kappa shape index (κ3) is 3.44. The van der Waals surface area contributed by atoms with Crippen molar-refractivity contribution in [2.45, 2.75) is 71.4 Å². The molecule has 3 rings (SSSR count). The molecule has 1 aliphatic carbocycles. The number of likely N-dealkylation sites (tertiary alicyclic amines) is 1. The zero-order valence-corrected chi connectivity index (χ0v) is 15.8. The van der Waals surface area contributed by atoms with Gasteiger partial charge in [0.1, 0.15) is 6.04 Å². The fourth-order valence-electron chi connectivity index (χ4n) is 4.67. The van der Waals surface area contributed by atoms with Crippen LogP contribution in [0, 0.1) is 19.8 Å². The number of carbonyl (C=O) groups excluding carboxylic acids is 2. The number of nitrogens with zero attached hydrogens (tertiary/aromatic N) is 3. The number of amides is 2. The molecule has 1 saturated carbocycles. The van der Waals surface area contributed by atoms with Crippen LogP contribution in [0.25, 0.3) is 0 Å². The van der Waals surface area contributed by atoms with Gasteiger partial charge in [0.2, 0.25) is 11.8 Å². The quantitative estimate of drug-likeness (QED) is 0.910. The second kappa shape index (κ2) is 7.18. The molecule has 0 radical (unpaired) electrons.